The number of hydrogen-bond acceptors (Lipinski definition) is 1. The maximum Gasteiger partial charge on any atom is 0.101 e. The Morgan fingerprint density at radius 3 is 1.88 bits per heavy atom. The first-order chi connectivity index (χ1) is 11.8. The van der Waals surface area contributed by atoms with Crippen LogP contribution >= 0.6 is 11.6 Å². The second-order valence-electron chi connectivity index (χ2n) is 5.54. The van der Waals surface area contributed by atoms with Crippen LogP contribution in [-0.2, 0) is 0 Å². The van der Waals surface area contributed by atoms with Crippen molar-refractivity contribution in [3.63, 3.8) is 0 Å². The van der Waals surface area contributed by atoms with Crippen molar-refractivity contribution in [3.8, 4) is 28.1 Å². The Kier molecular flexibility index (Phi) is 3.89. The summed E-state index contributed by atoms with van der Waals surface area (Å²) >= 11 is 6.00. The zero-order chi connectivity index (χ0) is 16.4. The van der Waals surface area contributed by atoms with Gasteiger partial charge in [0.05, 0.1) is 5.69 Å². The Hall–Kier alpha value is -2.84. The van der Waals surface area contributed by atoms with Crippen LogP contribution in [0.1, 0.15) is 0 Å². The first-order valence-electron chi connectivity index (χ1n) is 7.78. The Morgan fingerprint density at radius 2 is 1.25 bits per heavy atom. The number of hydrogen-bond donors (Lipinski definition) is 0. The molecule has 24 heavy (non-hydrogen) atoms. The van der Waals surface area contributed by atoms with Crippen LogP contribution in [0.2, 0.25) is 5.02 Å². The lowest BCUT2D eigenvalue weighted by atomic mass is 10.0. The van der Waals surface area contributed by atoms with Crippen LogP contribution in [0.3, 0.4) is 0 Å². The van der Waals surface area contributed by atoms with Gasteiger partial charge >= 0.3 is 0 Å². The molecule has 0 atom stereocenters. The summed E-state index contributed by atoms with van der Waals surface area (Å²) in [6.45, 7) is 0. The molecule has 116 valence electrons. The van der Waals surface area contributed by atoms with E-state index in [1.807, 2.05) is 65.3 Å². The summed E-state index contributed by atoms with van der Waals surface area (Å²) in [7, 11) is 0. The third-order valence-electron chi connectivity index (χ3n) is 3.94. The van der Waals surface area contributed by atoms with Gasteiger partial charge in [-0.2, -0.15) is 5.10 Å². The van der Waals surface area contributed by atoms with Crippen molar-refractivity contribution in [1.82, 2.24) is 9.78 Å². The highest BCUT2D eigenvalue weighted by Crippen LogP contribution is 2.31. The highest BCUT2D eigenvalue weighted by molar-refractivity contribution is 6.30. The molecule has 3 heteroatoms. The topological polar surface area (TPSA) is 17.8 Å². The monoisotopic (exact) mass is 330 g/mol. The van der Waals surface area contributed by atoms with Crippen molar-refractivity contribution in [2.24, 2.45) is 0 Å². The summed E-state index contributed by atoms with van der Waals surface area (Å²) in [5.74, 6) is 0. The highest BCUT2D eigenvalue weighted by atomic mass is 35.5. The molecule has 2 nitrogen and oxygen atoms in total. The molecule has 0 amide bonds. The molecule has 0 saturated carbocycles. The van der Waals surface area contributed by atoms with E-state index in [1.54, 1.807) is 0 Å². The van der Waals surface area contributed by atoms with Gasteiger partial charge in [0.15, 0.2) is 0 Å². The zero-order valence-corrected chi connectivity index (χ0v) is 13.7. The van der Waals surface area contributed by atoms with E-state index >= 15 is 0 Å². The molecule has 0 aliphatic carbocycles. The fraction of sp³-hybridized carbons (Fsp3) is 0. The second-order valence-corrected chi connectivity index (χ2v) is 5.98. The molecule has 0 aliphatic heterocycles. The van der Waals surface area contributed by atoms with E-state index in [0.29, 0.717) is 0 Å². The van der Waals surface area contributed by atoms with Crippen LogP contribution in [0.25, 0.3) is 28.1 Å². The van der Waals surface area contributed by atoms with E-state index in [2.05, 4.69) is 30.5 Å². The lowest BCUT2D eigenvalue weighted by Gasteiger charge is -2.02. The molecule has 0 saturated heterocycles. The number of nitrogens with zero attached hydrogens (tertiary/aromatic N) is 2. The van der Waals surface area contributed by atoms with Crippen molar-refractivity contribution in [2.45, 2.75) is 0 Å². The Morgan fingerprint density at radius 1 is 0.667 bits per heavy atom. The Bertz CT molecular complexity index is 885. The average Bonchev–Trinajstić information content (AvgIpc) is 3.09. The summed E-state index contributed by atoms with van der Waals surface area (Å²) in [6.07, 6.45) is 2.07. The smallest absolute Gasteiger partial charge is 0.101 e. The van der Waals surface area contributed by atoms with Crippen LogP contribution in [0.5, 0.6) is 0 Å². The normalized spacial score (nSPS) is 10.7. The van der Waals surface area contributed by atoms with Crippen LogP contribution in [0.4, 0.5) is 0 Å². The van der Waals surface area contributed by atoms with E-state index in [9.17, 15) is 0 Å². The zero-order valence-electron chi connectivity index (χ0n) is 12.9. The van der Waals surface area contributed by atoms with Crippen molar-refractivity contribution < 1.29 is 0 Å². The summed E-state index contributed by atoms with van der Waals surface area (Å²) in [6, 6.07) is 28.3. The molecule has 0 spiro atoms. The van der Waals surface area contributed by atoms with E-state index in [-0.39, 0.29) is 0 Å². The number of rotatable bonds is 3. The minimum Gasteiger partial charge on any atom is -0.240 e. The van der Waals surface area contributed by atoms with Crippen molar-refractivity contribution in [3.05, 3.63) is 96.1 Å². The third kappa shape index (κ3) is 2.84. The first-order valence-corrected chi connectivity index (χ1v) is 8.15. The van der Waals surface area contributed by atoms with E-state index in [4.69, 9.17) is 16.7 Å². The number of halogens is 1. The predicted octanol–water partition coefficient (Wildman–Crippen LogP) is 5.86. The van der Waals surface area contributed by atoms with Crippen LogP contribution in [-0.4, -0.2) is 9.78 Å². The molecule has 0 bridgehead atoms. The summed E-state index contributed by atoms with van der Waals surface area (Å²) in [5, 5.41) is 5.55. The van der Waals surface area contributed by atoms with Gasteiger partial charge in [-0.1, -0.05) is 72.3 Å². The fourth-order valence-corrected chi connectivity index (χ4v) is 2.86. The molecule has 3 aromatic carbocycles. The lowest BCUT2D eigenvalue weighted by molar-refractivity contribution is 0.884. The minimum atomic E-state index is 0.720. The first kappa shape index (κ1) is 14.7. The summed E-state index contributed by atoms with van der Waals surface area (Å²) < 4.78 is 1.90. The van der Waals surface area contributed by atoms with Crippen LogP contribution < -0.4 is 0 Å². The van der Waals surface area contributed by atoms with Gasteiger partial charge in [-0.25, -0.2) is 4.68 Å². The molecule has 0 fully saturated rings. The molecular weight excluding hydrogens is 316 g/mol. The SMILES string of the molecule is Clc1ccc(-n2cc(-c3ccccc3)c(-c3ccccc3)n2)cc1. The second kappa shape index (κ2) is 6.34. The molecular formula is C21H15ClN2. The van der Waals surface area contributed by atoms with Gasteiger partial charge in [-0.05, 0) is 29.8 Å². The van der Waals surface area contributed by atoms with Crippen LogP contribution in [0.15, 0.2) is 91.1 Å². The van der Waals surface area contributed by atoms with Gasteiger partial charge in [0.2, 0.25) is 0 Å². The molecule has 0 aliphatic rings. The van der Waals surface area contributed by atoms with Gasteiger partial charge in [0.25, 0.3) is 0 Å². The van der Waals surface area contributed by atoms with Crippen LogP contribution in [0, 0.1) is 0 Å². The standard InChI is InChI=1S/C21H15ClN2/c22-18-11-13-19(14-12-18)24-15-20(16-7-3-1-4-8-16)21(23-24)17-9-5-2-6-10-17/h1-15H. The Balaban J connectivity index is 1.89. The summed E-state index contributed by atoms with van der Waals surface area (Å²) in [4.78, 5) is 0. The maximum absolute atomic E-state index is 6.00. The molecule has 0 unspecified atom stereocenters. The molecule has 0 N–H and O–H groups in total. The lowest BCUT2D eigenvalue weighted by Crippen LogP contribution is -1.94. The van der Waals surface area contributed by atoms with E-state index < -0.39 is 0 Å². The fourth-order valence-electron chi connectivity index (χ4n) is 2.74. The molecule has 1 heterocycles. The van der Waals surface area contributed by atoms with Gasteiger partial charge in [-0.3, -0.25) is 0 Å². The van der Waals surface area contributed by atoms with Crippen molar-refractivity contribution in [2.75, 3.05) is 0 Å². The van der Waals surface area contributed by atoms with Gasteiger partial charge < -0.3 is 0 Å². The van der Waals surface area contributed by atoms with Gasteiger partial charge in [0, 0.05) is 22.3 Å². The summed E-state index contributed by atoms with van der Waals surface area (Å²) in [5.41, 5.74) is 5.31. The van der Waals surface area contributed by atoms with Crippen molar-refractivity contribution >= 4 is 11.6 Å². The average molecular weight is 331 g/mol. The molecule has 0 radical (unpaired) electrons. The highest BCUT2D eigenvalue weighted by Gasteiger charge is 2.13. The van der Waals surface area contributed by atoms with Gasteiger partial charge in [0.1, 0.15) is 5.69 Å². The quantitative estimate of drug-likeness (QED) is 0.460. The van der Waals surface area contributed by atoms with E-state index in [0.717, 1.165) is 33.1 Å². The predicted molar refractivity (Wildman–Crippen MR) is 99.4 cm³/mol. The molecule has 4 aromatic rings. The van der Waals surface area contributed by atoms with E-state index in [1.165, 1.54) is 0 Å². The van der Waals surface area contributed by atoms with Crippen molar-refractivity contribution in [1.29, 1.82) is 0 Å². The molecule has 4 rings (SSSR count). The third-order valence-corrected chi connectivity index (χ3v) is 4.19. The molecule has 1 aromatic heterocycles. The largest absolute Gasteiger partial charge is 0.240 e. The maximum atomic E-state index is 6.00. The Labute approximate surface area is 146 Å². The van der Waals surface area contributed by atoms with Gasteiger partial charge in [-0.15, -0.1) is 0 Å². The minimum absolute atomic E-state index is 0.720. The number of aromatic nitrogens is 2. The number of benzene rings is 3.